The molecule has 13 heavy (non-hydrogen) atoms. The van der Waals surface area contributed by atoms with Crippen molar-refractivity contribution in [3.63, 3.8) is 0 Å². The molecule has 0 radical (unpaired) electrons. The molecule has 68 valence electrons. The van der Waals surface area contributed by atoms with Gasteiger partial charge in [0.05, 0.1) is 5.02 Å². The molecule has 2 nitrogen and oxygen atoms in total. The fourth-order valence-corrected chi connectivity index (χ4v) is 1.17. The summed E-state index contributed by atoms with van der Waals surface area (Å²) in [5, 5.41) is 0.449. The number of benzene rings is 1. The van der Waals surface area contributed by atoms with E-state index in [0.29, 0.717) is 16.3 Å². The van der Waals surface area contributed by atoms with Gasteiger partial charge in [0, 0.05) is 17.3 Å². The van der Waals surface area contributed by atoms with Gasteiger partial charge >= 0.3 is 0 Å². The van der Waals surface area contributed by atoms with Crippen LogP contribution in [-0.2, 0) is 0 Å². The molecular formula is C10H10ClNO. The minimum atomic E-state index is -0.161. The number of hydrogen-bond donors (Lipinski definition) is 1. The quantitative estimate of drug-likeness (QED) is 0.582. The van der Waals surface area contributed by atoms with Crippen LogP contribution in [0.5, 0.6) is 0 Å². The minimum absolute atomic E-state index is 0.161. The molecule has 1 aromatic rings. The van der Waals surface area contributed by atoms with Gasteiger partial charge in [0.1, 0.15) is 0 Å². The van der Waals surface area contributed by atoms with Crippen LogP contribution in [0, 0.1) is 0 Å². The van der Waals surface area contributed by atoms with Gasteiger partial charge in [-0.2, -0.15) is 0 Å². The van der Waals surface area contributed by atoms with Crippen molar-refractivity contribution in [2.75, 3.05) is 0 Å². The summed E-state index contributed by atoms with van der Waals surface area (Å²) in [7, 11) is 0. The van der Waals surface area contributed by atoms with Gasteiger partial charge < -0.3 is 5.73 Å². The number of allylic oxidation sites excluding steroid dienone is 2. The molecule has 2 N–H and O–H groups in total. The smallest absolute Gasteiger partial charge is 0.189 e. The second kappa shape index (κ2) is 4.10. The molecule has 0 bridgehead atoms. The Morgan fingerprint density at radius 2 is 2.08 bits per heavy atom. The number of hydrogen-bond acceptors (Lipinski definition) is 2. The van der Waals surface area contributed by atoms with Crippen molar-refractivity contribution in [3.8, 4) is 0 Å². The van der Waals surface area contributed by atoms with E-state index in [1.54, 1.807) is 31.2 Å². The topological polar surface area (TPSA) is 43.1 Å². The molecule has 0 aliphatic rings. The predicted molar refractivity (Wildman–Crippen MR) is 53.7 cm³/mol. The normalized spacial score (nSPS) is 11.4. The number of carbonyl (C=O) groups excluding carboxylic acids is 1. The third-order valence-corrected chi connectivity index (χ3v) is 1.83. The summed E-state index contributed by atoms with van der Waals surface area (Å²) in [5.74, 6) is -0.161. The van der Waals surface area contributed by atoms with Crippen molar-refractivity contribution in [3.05, 3.63) is 46.6 Å². The van der Waals surface area contributed by atoms with Crippen molar-refractivity contribution in [1.29, 1.82) is 0 Å². The lowest BCUT2D eigenvalue weighted by atomic mass is 10.1. The van der Waals surface area contributed by atoms with E-state index < -0.39 is 0 Å². The van der Waals surface area contributed by atoms with Crippen molar-refractivity contribution in [2.45, 2.75) is 6.92 Å². The van der Waals surface area contributed by atoms with Gasteiger partial charge in [0.2, 0.25) is 0 Å². The second-order valence-electron chi connectivity index (χ2n) is 2.73. The second-order valence-corrected chi connectivity index (χ2v) is 3.14. The number of carbonyl (C=O) groups is 1. The molecule has 0 saturated heterocycles. The molecule has 0 saturated carbocycles. The summed E-state index contributed by atoms with van der Waals surface area (Å²) in [6.45, 7) is 1.66. The van der Waals surface area contributed by atoms with Crippen LogP contribution in [0.2, 0.25) is 5.02 Å². The van der Waals surface area contributed by atoms with E-state index in [2.05, 4.69) is 0 Å². The van der Waals surface area contributed by atoms with Gasteiger partial charge in [-0.3, -0.25) is 4.79 Å². The zero-order chi connectivity index (χ0) is 9.84. The van der Waals surface area contributed by atoms with Crippen molar-refractivity contribution < 1.29 is 4.79 Å². The van der Waals surface area contributed by atoms with E-state index in [9.17, 15) is 4.79 Å². The zero-order valence-corrected chi connectivity index (χ0v) is 8.01. The first-order valence-electron chi connectivity index (χ1n) is 3.84. The van der Waals surface area contributed by atoms with E-state index >= 15 is 0 Å². The molecule has 0 heterocycles. The molecule has 1 rings (SSSR count). The monoisotopic (exact) mass is 195 g/mol. The Bertz CT molecular complexity index is 354. The first-order chi connectivity index (χ1) is 6.11. The molecule has 0 aromatic heterocycles. The van der Waals surface area contributed by atoms with E-state index in [1.165, 1.54) is 6.08 Å². The third kappa shape index (κ3) is 2.60. The Balaban J connectivity index is 3.03. The van der Waals surface area contributed by atoms with Crippen molar-refractivity contribution in [2.24, 2.45) is 5.73 Å². The molecule has 0 aliphatic heterocycles. The molecule has 0 spiro atoms. The Hall–Kier alpha value is -1.28. The highest BCUT2D eigenvalue weighted by molar-refractivity contribution is 6.34. The first kappa shape index (κ1) is 9.81. The van der Waals surface area contributed by atoms with Crippen LogP contribution in [0.4, 0.5) is 0 Å². The van der Waals surface area contributed by atoms with E-state index in [4.69, 9.17) is 17.3 Å². The Labute approximate surface area is 82.0 Å². The van der Waals surface area contributed by atoms with Gasteiger partial charge in [0.15, 0.2) is 5.78 Å². The molecule has 1 aromatic carbocycles. The SMILES string of the molecule is CC(N)=CC(=O)c1ccccc1Cl. The Morgan fingerprint density at radius 3 is 2.62 bits per heavy atom. The number of nitrogens with two attached hydrogens (primary N) is 1. The summed E-state index contributed by atoms with van der Waals surface area (Å²) in [5.41, 5.74) is 6.34. The van der Waals surface area contributed by atoms with Crippen LogP contribution in [0.1, 0.15) is 17.3 Å². The zero-order valence-electron chi connectivity index (χ0n) is 7.25. The highest BCUT2D eigenvalue weighted by Gasteiger charge is 2.05. The summed E-state index contributed by atoms with van der Waals surface area (Å²) in [6, 6.07) is 6.88. The predicted octanol–water partition coefficient (Wildman–Crippen LogP) is 2.39. The average molecular weight is 196 g/mol. The maximum atomic E-state index is 11.4. The molecule has 0 atom stereocenters. The third-order valence-electron chi connectivity index (χ3n) is 1.50. The Morgan fingerprint density at radius 1 is 1.46 bits per heavy atom. The van der Waals surface area contributed by atoms with Crippen LogP contribution in [0.15, 0.2) is 36.0 Å². The first-order valence-corrected chi connectivity index (χ1v) is 4.21. The summed E-state index contributed by atoms with van der Waals surface area (Å²) < 4.78 is 0. The van der Waals surface area contributed by atoms with Crippen molar-refractivity contribution in [1.82, 2.24) is 0 Å². The van der Waals surface area contributed by atoms with Gasteiger partial charge in [-0.1, -0.05) is 23.7 Å². The average Bonchev–Trinajstić information content (AvgIpc) is 2.03. The lowest BCUT2D eigenvalue weighted by Gasteiger charge is -1.98. The molecule has 0 fully saturated rings. The van der Waals surface area contributed by atoms with Crippen molar-refractivity contribution >= 4 is 17.4 Å². The standard InChI is InChI=1S/C10H10ClNO/c1-7(12)6-10(13)8-4-2-3-5-9(8)11/h2-6H,12H2,1H3. The van der Waals surface area contributed by atoms with Gasteiger partial charge in [-0.25, -0.2) is 0 Å². The van der Waals surface area contributed by atoms with Crippen LogP contribution in [0.25, 0.3) is 0 Å². The van der Waals surface area contributed by atoms with E-state index in [-0.39, 0.29) is 5.78 Å². The van der Waals surface area contributed by atoms with Crippen LogP contribution in [-0.4, -0.2) is 5.78 Å². The van der Waals surface area contributed by atoms with E-state index in [0.717, 1.165) is 0 Å². The number of ketones is 1. The fraction of sp³-hybridized carbons (Fsp3) is 0.100. The minimum Gasteiger partial charge on any atom is -0.402 e. The van der Waals surface area contributed by atoms with Crippen LogP contribution >= 0.6 is 11.6 Å². The van der Waals surface area contributed by atoms with Gasteiger partial charge in [-0.05, 0) is 19.1 Å². The maximum absolute atomic E-state index is 11.4. The molecule has 0 amide bonds. The van der Waals surface area contributed by atoms with Gasteiger partial charge in [-0.15, -0.1) is 0 Å². The van der Waals surface area contributed by atoms with Crippen LogP contribution < -0.4 is 5.73 Å². The molecule has 0 aliphatic carbocycles. The molecule has 0 unspecified atom stereocenters. The summed E-state index contributed by atoms with van der Waals surface area (Å²) in [4.78, 5) is 11.4. The van der Waals surface area contributed by atoms with Gasteiger partial charge in [0.25, 0.3) is 0 Å². The maximum Gasteiger partial charge on any atom is 0.189 e. The highest BCUT2D eigenvalue weighted by Crippen LogP contribution is 2.15. The molecule has 3 heteroatoms. The highest BCUT2D eigenvalue weighted by atomic mass is 35.5. The number of halogens is 1. The van der Waals surface area contributed by atoms with Crippen LogP contribution in [0.3, 0.4) is 0 Å². The largest absolute Gasteiger partial charge is 0.402 e. The lowest BCUT2D eigenvalue weighted by Crippen LogP contribution is -2.00. The Kier molecular flexibility index (Phi) is 3.09. The fourth-order valence-electron chi connectivity index (χ4n) is 0.946. The number of rotatable bonds is 2. The summed E-state index contributed by atoms with van der Waals surface area (Å²) in [6.07, 6.45) is 1.36. The summed E-state index contributed by atoms with van der Waals surface area (Å²) >= 11 is 5.81. The van der Waals surface area contributed by atoms with E-state index in [1.807, 2.05) is 0 Å². The lowest BCUT2D eigenvalue weighted by molar-refractivity contribution is 0.104. The molecular weight excluding hydrogens is 186 g/mol.